The molecule has 0 saturated carbocycles. The minimum Gasteiger partial charge on any atom is -0.382 e. The predicted molar refractivity (Wildman–Crippen MR) is 88.5 cm³/mol. The summed E-state index contributed by atoms with van der Waals surface area (Å²) in [5, 5.41) is 5.18. The highest BCUT2D eigenvalue weighted by Crippen LogP contribution is 2.39. The molecule has 112 valence electrons. The molecule has 3 nitrogen and oxygen atoms in total. The van der Waals surface area contributed by atoms with E-state index in [-0.39, 0.29) is 5.02 Å². The number of nitrogens with zero attached hydrogens (tertiary/aromatic N) is 2. The zero-order chi connectivity index (χ0) is 15.9. The molecule has 0 amide bonds. The van der Waals surface area contributed by atoms with Crippen molar-refractivity contribution in [3.8, 4) is 22.4 Å². The highest BCUT2D eigenvalue weighted by Gasteiger charge is 2.19. The number of aryl methyl sites for hydroxylation is 1. The van der Waals surface area contributed by atoms with E-state index in [1.54, 1.807) is 29.9 Å². The fourth-order valence-electron chi connectivity index (χ4n) is 2.44. The van der Waals surface area contributed by atoms with Gasteiger partial charge in [0, 0.05) is 23.2 Å². The van der Waals surface area contributed by atoms with Gasteiger partial charge in [0.05, 0.1) is 16.3 Å². The van der Waals surface area contributed by atoms with Crippen LogP contribution in [0.3, 0.4) is 0 Å². The van der Waals surface area contributed by atoms with Crippen LogP contribution < -0.4 is 5.73 Å². The molecule has 22 heavy (non-hydrogen) atoms. The second kappa shape index (κ2) is 5.63. The number of aromatic nitrogens is 2. The Balaban J connectivity index is 2.26. The van der Waals surface area contributed by atoms with Crippen LogP contribution in [0.25, 0.3) is 22.4 Å². The summed E-state index contributed by atoms with van der Waals surface area (Å²) in [6, 6.07) is 11.5. The Bertz CT molecular complexity index is 841. The fraction of sp³-hybridized carbons (Fsp3) is 0.0625. The van der Waals surface area contributed by atoms with Crippen LogP contribution >= 0.6 is 23.2 Å². The standard InChI is InChI=1S/C16H12Cl2FN3/c1-22-15(9-2-4-10(17)5-3-9)14(16(20)21-22)12-7-6-11(19)8-13(12)18/h2-8H,1H3,(H2,20,21). The fourth-order valence-corrected chi connectivity index (χ4v) is 2.83. The molecule has 1 heterocycles. The third-order valence-electron chi connectivity index (χ3n) is 3.39. The smallest absolute Gasteiger partial charge is 0.154 e. The second-order valence-corrected chi connectivity index (χ2v) is 5.71. The van der Waals surface area contributed by atoms with Crippen molar-refractivity contribution in [2.45, 2.75) is 0 Å². The van der Waals surface area contributed by atoms with Gasteiger partial charge in [0.15, 0.2) is 5.82 Å². The van der Waals surface area contributed by atoms with E-state index < -0.39 is 5.82 Å². The lowest BCUT2D eigenvalue weighted by Gasteiger charge is -2.09. The van der Waals surface area contributed by atoms with Crippen molar-refractivity contribution in [3.05, 3.63) is 58.3 Å². The van der Waals surface area contributed by atoms with Crippen LogP contribution in [0.4, 0.5) is 10.2 Å². The van der Waals surface area contributed by atoms with Gasteiger partial charge in [-0.2, -0.15) is 5.10 Å². The van der Waals surface area contributed by atoms with Gasteiger partial charge in [0.1, 0.15) is 5.82 Å². The zero-order valence-electron chi connectivity index (χ0n) is 11.6. The average Bonchev–Trinajstić information content (AvgIpc) is 2.75. The molecule has 6 heteroatoms. The van der Waals surface area contributed by atoms with E-state index in [1.165, 1.54) is 12.1 Å². The van der Waals surface area contributed by atoms with Crippen molar-refractivity contribution < 1.29 is 4.39 Å². The van der Waals surface area contributed by atoms with Crippen molar-refractivity contribution in [2.24, 2.45) is 7.05 Å². The first kappa shape index (κ1) is 14.9. The molecule has 0 aliphatic carbocycles. The van der Waals surface area contributed by atoms with Gasteiger partial charge >= 0.3 is 0 Å². The number of nitrogen functional groups attached to an aromatic ring is 1. The van der Waals surface area contributed by atoms with Crippen LogP contribution in [-0.2, 0) is 7.05 Å². The van der Waals surface area contributed by atoms with Crippen LogP contribution in [0.2, 0.25) is 10.0 Å². The largest absolute Gasteiger partial charge is 0.382 e. The summed E-state index contributed by atoms with van der Waals surface area (Å²) in [7, 11) is 1.79. The van der Waals surface area contributed by atoms with E-state index in [0.29, 0.717) is 22.0 Å². The topological polar surface area (TPSA) is 43.8 Å². The number of halogens is 3. The van der Waals surface area contributed by atoms with Crippen LogP contribution in [0, 0.1) is 5.82 Å². The highest BCUT2D eigenvalue weighted by molar-refractivity contribution is 6.33. The Hall–Kier alpha value is -2.04. The van der Waals surface area contributed by atoms with Crippen molar-refractivity contribution >= 4 is 29.0 Å². The van der Waals surface area contributed by atoms with Gasteiger partial charge in [-0.3, -0.25) is 4.68 Å². The number of rotatable bonds is 2. The van der Waals surface area contributed by atoms with E-state index in [0.717, 1.165) is 11.3 Å². The summed E-state index contributed by atoms with van der Waals surface area (Å²) >= 11 is 12.1. The monoisotopic (exact) mass is 335 g/mol. The molecule has 0 bridgehead atoms. The summed E-state index contributed by atoms with van der Waals surface area (Å²) < 4.78 is 15.0. The van der Waals surface area contributed by atoms with Gasteiger partial charge in [-0.05, 0) is 30.3 Å². The molecule has 0 aliphatic heterocycles. The van der Waals surface area contributed by atoms with E-state index in [4.69, 9.17) is 28.9 Å². The normalized spacial score (nSPS) is 10.9. The average molecular weight is 336 g/mol. The lowest BCUT2D eigenvalue weighted by atomic mass is 10.0. The highest BCUT2D eigenvalue weighted by atomic mass is 35.5. The summed E-state index contributed by atoms with van der Waals surface area (Å²) in [6.45, 7) is 0. The van der Waals surface area contributed by atoms with Gasteiger partial charge < -0.3 is 5.73 Å². The van der Waals surface area contributed by atoms with Crippen LogP contribution in [-0.4, -0.2) is 9.78 Å². The molecule has 0 radical (unpaired) electrons. The number of nitrogens with two attached hydrogens (primary N) is 1. The molecule has 3 aromatic rings. The Morgan fingerprint density at radius 3 is 2.41 bits per heavy atom. The Morgan fingerprint density at radius 1 is 1.09 bits per heavy atom. The second-order valence-electron chi connectivity index (χ2n) is 4.86. The van der Waals surface area contributed by atoms with E-state index in [1.807, 2.05) is 12.1 Å². The van der Waals surface area contributed by atoms with Gasteiger partial charge in [-0.15, -0.1) is 0 Å². The summed E-state index contributed by atoms with van der Waals surface area (Å²) in [6.07, 6.45) is 0. The van der Waals surface area contributed by atoms with Crippen LogP contribution in [0.15, 0.2) is 42.5 Å². The maximum atomic E-state index is 13.3. The molecule has 0 fully saturated rings. The van der Waals surface area contributed by atoms with Gasteiger partial charge in [0.25, 0.3) is 0 Å². The van der Waals surface area contributed by atoms with Crippen molar-refractivity contribution in [2.75, 3.05) is 5.73 Å². The molecule has 0 atom stereocenters. The zero-order valence-corrected chi connectivity index (χ0v) is 13.2. The van der Waals surface area contributed by atoms with E-state index in [2.05, 4.69) is 5.10 Å². The molecule has 0 spiro atoms. The first-order valence-corrected chi connectivity index (χ1v) is 7.27. The van der Waals surface area contributed by atoms with Crippen molar-refractivity contribution in [3.63, 3.8) is 0 Å². The number of hydrogen-bond donors (Lipinski definition) is 1. The van der Waals surface area contributed by atoms with E-state index >= 15 is 0 Å². The quantitative estimate of drug-likeness (QED) is 0.732. The maximum absolute atomic E-state index is 13.3. The van der Waals surface area contributed by atoms with Crippen molar-refractivity contribution in [1.29, 1.82) is 0 Å². The third kappa shape index (κ3) is 2.56. The van der Waals surface area contributed by atoms with Crippen molar-refractivity contribution in [1.82, 2.24) is 9.78 Å². The van der Waals surface area contributed by atoms with Crippen LogP contribution in [0.1, 0.15) is 0 Å². The molecule has 0 unspecified atom stereocenters. The van der Waals surface area contributed by atoms with Crippen LogP contribution in [0.5, 0.6) is 0 Å². The number of hydrogen-bond acceptors (Lipinski definition) is 2. The Morgan fingerprint density at radius 2 is 1.77 bits per heavy atom. The van der Waals surface area contributed by atoms with Gasteiger partial charge in [0.2, 0.25) is 0 Å². The molecule has 0 saturated heterocycles. The first-order chi connectivity index (χ1) is 10.5. The first-order valence-electron chi connectivity index (χ1n) is 6.51. The van der Waals surface area contributed by atoms with Gasteiger partial charge in [-0.1, -0.05) is 35.3 Å². The molecule has 2 N–H and O–H groups in total. The van der Waals surface area contributed by atoms with Gasteiger partial charge in [-0.25, -0.2) is 4.39 Å². The predicted octanol–water partition coefficient (Wildman–Crippen LogP) is 4.78. The lowest BCUT2D eigenvalue weighted by molar-refractivity contribution is 0.628. The minimum absolute atomic E-state index is 0.287. The SMILES string of the molecule is Cn1nc(N)c(-c2ccc(F)cc2Cl)c1-c1ccc(Cl)cc1. The van der Waals surface area contributed by atoms with E-state index in [9.17, 15) is 4.39 Å². The Kier molecular flexibility index (Phi) is 3.81. The summed E-state index contributed by atoms with van der Waals surface area (Å²) in [4.78, 5) is 0. The molecule has 0 aliphatic rings. The number of benzene rings is 2. The molecular formula is C16H12Cl2FN3. The summed E-state index contributed by atoms with van der Waals surface area (Å²) in [5.74, 6) is -0.0646. The lowest BCUT2D eigenvalue weighted by Crippen LogP contribution is -1.94. The number of anilines is 1. The Labute approximate surface area is 137 Å². The third-order valence-corrected chi connectivity index (χ3v) is 3.96. The molecule has 3 rings (SSSR count). The molecule has 2 aromatic carbocycles. The minimum atomic E-state index is -0.399. The summed E-state index contributed by atoms with van der Waals surface area (Å²) in [5.41, 5.74) is 9.04. The maximum Gasteiger partial charge on any atom is 0.154 e. The molecular weight excluding hydrogens is 324 g/mol. The molecule has 1 aromatic heterocycles.